The number of anilines is 1. The van der Waals surface area contributed by atoms with E-state index in [1.807, 2.05) is 60.3 Å². The molecule has 5 unspecified atom stereocenters. The number of benzene rings is 1. The van der Waals surface area contributed by atoms with Crippen LogP contribution in [0.5, 0.6) is 0 Å². The summed E-state index contributed by atoms with van der Waals surface area (Å²) < 4.78 is 13.5. The van der Waals surface area contributed by atoms with E-state index in [0.29, 0.717) is 23.2 Å². The van der Waals surface area contributed by atoms with Crippen LogP contribution in [0.2, 0.25) is 0 Å². The SMILES string of the molecule is CC1CCC2C(C)(C)C2(OC(C)(C)ON=C(C(=O)NC2C(=O)N3C(C(=O)O)=C(C(C)[n+]4ccc5nc(-c6ccccc6)[nH]c5c4)CS[C@@H]23)c2noc(N)n2)C1. The maximum absolute atomic E-state index is 13.8. The minimum absolute atomic E-state index is 0.0436. The lowest BCUT2D eigenvalue weighted by Crippen LogP contribution is -2.71. The molecular formula is C38H44N9O7S+. The van der Waals surface area contributed by atoms with Gasteiger partial charge in [-0.1, -0.05) is 67.8 Å². The van der Waals surface area contributed by atoms with E-state index in [0.717, 1.165) is 41.7 Å². The van der Waals surface area contributed by atoms with Crippen LogP contribution >= 0.6 is 11.8 Å². The average molecular weight is 771 g/mol. The van der Waals surface area contributed by atoms with Crippen LogP contribution in [0, 0.1) is 17.3 Å². The van der Waals surface area contributed by atoms with Crippen LogP contribution in [0.3, 0.4) is 0 Å². The molecule has 0 spiro atoms. The number of aromatic amines is 1. The zero-order chi connectivity index (χ0) is 39.0. The number of fused-ring (bicyclic) bond motifs is 3. The van der Waals surface area contributed by atoms with Crippen LogP contribution in [0.25, 0.3) is 22.4 Å². The minimum atomic E-state index is -1.25. The van der Waals surface area contributed by atoms with Crippen LogP contribution < -0.4 is 15.6 Å². The van der Waals surface area contributed by atoms with Gasteiger partial charge in [-0.05, 0) is 30.1 Å². The molecule has 8 rings (SSSR count). The molecule has 16 nitrogen and oxygen atoms in total. The maximum atomic E-state index is 13.8. The lowest BCUT2D eigenvalue weighted by Gasteiger charge is -2.49. The van der Waals surface area contributed by atoms with Gasteiger partial charge in [-0.25, -0.2) is 9.78 Å². The first kappa shape index (κ1) is 36.7. The van der Waals surface area contributed by atoms with Crippen LogP contribution in [0.1, 0.15) is 72.7 Å². The lowest BCUT2D eigenvalue weighted by molar-refractivity contribution is -0.710. The number of nitrogens with two attached hydrogens (primary N) is 1. The number of H-pyrrole nitrogens is 1. The zero-order valence-electron chi connectivity index (χ0n) is 31.4. The highest BCUT2D eigenvalue weighted by atomic mass is 32.2. The Morgan fingerprint density at radius 2 is 1.98 bits per heavy atom. The highest BCUT2D eigenvalue weighted by Crippen LogP contribution is 2.71. The molecule has 1 aromatic carbocycles. The van der Waals surface area contributed by atoms with Crippen molar-refractivity contribution >= 4 is 52.3 Å². The normalized spacial score (nSPS) is 26.5. The Labute approximate surface area is 320 Å². The second kappa shape index (κ2) is 13.2. The number of pyridine rings is 1. The highest BCUT2D eigenvalue weighted by Gasteiger charge is 2.74. The summed E-state index contributed by atoms with van der Waals surface area (Å²) in [6, 6.07) is 9.82. The van der Waals surface area contributed by atoms with E-state index in [1.165, 1.54) is 16.7 Å². The molecule has 2 amide bonds. The number of nitrogens with zero attached hydrogens (tertiary/aromatic N) is 6. The molecule has 4 aliphatic rings. The van der Waals surface area contributed by atoms with Crippen LogP contribution in [-0.2, 0) is 24.0 Å². The fourth-order valence-corrected chi connectivity index (χ4v) is 10.1. The first-order valence-corrected chi connectivity index (χ1v) is 19.4. The number of ether oxygens (including phenoxy) is 1. The van der Waals surface area contributed by atoms with E-state index in [4.69, 9.17) is 24.8 Å². The van der Waals surface area contributed by atoms with E-state index in [1.54, 1.807) is 13.8 Å². The summed E-state index contributed by atoms with van der Waals surface area (Å²) in [5, 5.41) is 20.4. The molecular weight excluding hydrogens is 727 g/mol. The van der Waals surface area contributed by atoms with Crippen molar-refractivity contribution in [3.05, 3.63) is 65.9 Å². The molecule has 2 aliphatic heterocycles. The first-order valence-electron chi connectivity index (χ1n) is 18.3. The summed E-state index contributed by atoms with van der Waals surface area (Å²) in [6.07, 6.45) is 6.80. The van der Waals surface area contributed by atoms with Gasteiger partial charge in [0.25, 0.3) is 11.8 Å². The maximum Gasteiger partial charge on any atom is 0.352 e. The predicted octanol–water partition coefficient (Wildman–Crippen LogP) is 4.17. The number of hydrogen-bond donors (Lipinski definition) is 4. The van der Waals surface area contributed by atoms with E-state index < -0.39 is 41.0 Å². The smallest absolute Gasteiger partial charge is 0.352 e. The Hall–Kier alpha value is -5.29. The van der Waals surface area contributed by atoms with Gasteiger partial charge in [0.1, 0.15) is 34.0 Å². The summed E-state index contributed by atoms with van der Waals surface area (Å²) in [6.45, 7) is 12.0. The number of nitrogen functional groups attached to an aromatic ring is 1. The zero-order valence-corrected chi connectivity index (χ0v) is 32.2. The summed E-state index contributed by atoms with van der Waals surface area (Å²) in [5.41, 5.74) is 7.79. The molecule has 288 valence electrons. The standard InChI is InChI=1S/C38H43N9O7S/c1-19-12-13-25-36(3,4)38(25,16-19)53-37(5,6)54-44-26(30-43-35(39)52-45-30)31(48)42-27-32(49)47-28(34(50)51)22(18-55-33(27)47)20(2)46-15-14-23-24(17-46)41-29(40-23)21-10-8-7-9-11-21/h7-11,14-15,17,19-20,25,27,33H,12-13,16,18H2,1-6H3,(H4,39,42,43,45,48,50,51)/p+1/t19?,20?,25?,27?,33-,38?/m0/s1. The van der Waals surface area contributed by atoms with Gasteiger partial charge in [-0.15, -0.1) is 11.8 Å². The average Bonchev–Trinajstić information content (AvgIpc) is 3.54. The molecule has 4 aromatic rings. The lowest BCUT2D eigenvalue weighted by atomic mass is 9.88. The number of aromatic nitrogens is 5. The quantitative estimate of drug-likeness (QED) is 0.0556. The van der Waals surface area contributed by atoms with Crippen molar-refractivity contribution in [1.29, 1.82) is 0 Å². The van der Waals surface area contributed by atoms with Gasteiger partial charge in [0.05, 0.1) is 5.60 Å². The van der Waals surface area contributed by atoms with Crippen molar-refractivity contribution in [2.75, 3.05) is 11.5 Å². The van der Waals surface area contributed by atoms with Gasteiger partial charge < -0.3 is 35.2 Å². The van der Waals surface area contributed by atoms with E-state index in [-0.39, 0.29) is 34.3 Å². The van der Waals surface area contributed by atoms with E-state index in [2.05, 4.69) is 46.4 Å². The van der Waals surface area contributed by atoms with Crippen molar-refractivity contribution in [2.45, 2.75) is 89.7 Å². The Balaban J connectivity index is 1.00. The number of hydrogen-bond acceptors (Lipinski definition) is 12. The van der Waals surface area contributed by atoms with Gasteiger partial charge in [-0.2, -0.15) is 9.55 Å². The second-order valence-corrected chi connectivity index (χ2v) is 17.0. The van der Waals surface area contributed by atoms with Crippen molar-refractivity contribution < 1.29 is 38.2 Å². The van der Waals surface area contributed by atoms with Gasteiger partial charge in [-0.3, -0.25) is 14.5 Å². The van der Waals surface area contributed by atoms with Gasteiger partial charge in [0.15, 0.2) is 18.4 Å². The Kier molecular flexibility index (Phi) is 8.79. The molecule has 2 aliphatic carbocycles. The third-order valence-electron chi connectivity index (χ3n) is 11.6. The van der Waals surface area contributed by atoms with Crippen LogP contribution in [-0.4, -0.2) is 82.2 Å². The number of carboxylic acids is 1. The molecule has 17 heteroatoms. The molecule has 6 atom stereocenters. The topological polar surface area (TPSA) is 215 Å². The Bertz CT molecular complexity index is 2270. The molecule has 2 saturated carbocycles. The number of carboxylic acid groups (broad SMARTS) is 1. The predicted molar refractivity (Wildman–Crippen MR) is 201 cm³/mol. The number of thioether (sulfide) groups is 1. The molecule has 3 fully saturated rings. The minimum Gasteiger partial charge on any atom is -0.477 e. The molecule has 55 heavy (non-hydrogen) atoms. The number of nitrogens with one attached hydrogen (secondary N) is 2. The number of carbonyl (C=O) groups is 3. The Morgan fingerprint density at radius 3 is 2.69 bits per heavy atom. The summed E-state index contributed by atoms with van der Waals surface area (Å²) in [5.74, 6) is -2.27. The largest absolute Gasteiger partial charge is 0.477 e. The fourth-order valence-electron chi connectivity index (χ4n) is 8.67. The number of rotatable bonds is 11. The van der Waals surface area contributed by atoms with Crippen LogP contribution in [0.15, 0.2) is 69.7 Å². The molecule has 5 N–H and O–H groups in total. The number of β-lactam (4-membered cyclic amide) rings is 1. The third kappa shape index (κ3) is 6.22. The number of carbonyl (C=O) groups excluding carboxylic acids is 2. The Morgan fingerprint density at radius 1 is 1.22 bits per heavy atom. The molecule has 0 bridgehead atoms. The van der Waals surface area contributed by atoms with Gasteiger partial charge in [0.2, 0.25) is 17.3 Å². The summed E-state index contributed by atoms with van der Waals surface area (Å²) >= 11 is 1.35. The molecule has 3 aromatic heterocycles. The monoisotopic (exact) mass is 770 g/mol. The van der Waals surface area contributed by atoms with Crippen molar-refractivity contribution in [1.82, 2.24) is 30.3 Å². The summed E-state index contributed by atoms with van der Waals surface area (Å²) in [7, 11) is 0. The molecule has 0 radical (unpaired) electrons. The third-order valence-corrected chi connectivity index (χ3v) is 12.9. The van der Waals surface area contributed by atoms with Crippen molar-refractivity contribution in [3.8, 4) is 11.4 Å². The molecule has 5 heterocycles. The van der Waals surface area contributed by atoms with E-state index in [9.17, 15) is 19.5 Å². The fraction of sp³-hybridized carbons (Fsp3) is 0.474. The van der Waals surface area contributed by atoms with Gasteiger partial charge >= 0.3 is 12.0 Å². The second-order valence-electron chi connectivity index (χ2n) is 15.9. The van der Waals surface area contributed by atoms with Gasteiger partial charge in [0, 0.05) is 43.7 Å². The molecule has 1 saturated heterocycles. The van der Waals surface area contributed by atoms with Crippen molar-refractivity contribution in [3.63, 3.8) is 0 Å². The highest BCUT2D eigenvalue weighted by molar-refractivity contribution is 8.00. The first-order chi connectivity index (χ1) is 26.1. The number of aliphatic carboxylic acids is 1. The number of amides is 2. The van der Waals surface area contributed by atoms with Crippen LogP contribution in [0.4, 0.5) is 6.01 Å². The number of imidazole rings is 1. The number of oxime groups is 1. The van der Waals surface area contributed by atoms with Crippen molar-refractivity contribution in [2.24, 2.45) is 22.4 Å². The summed E-state index contributed by atoms with van der Waals surface area (Å²) in [4.78, 5) is 59.5. The van der Waals surface area contributed by atoms with E-state index >= 15 is 0 Å².